The minimum atomic E-state index is -3.67. The predicted octanol–water partition coefficient (Wildman–Crippen LogP) is 3.25. The van der Waals surface area contributed by atoms with Crippen LogP contribution in [0.1, 0.15) is 15.2 Å². The Morgan fingerprint density at radius 3 is 2.57 bits per heavy atom. The maximum Gasteiger partial charge on any atom is 0.270 e. The van der Waals surface area contributed by atoms with Crippen molar-refractivity contribution in [1.82, 2.24) is 5.32 Å². The lowest BCUT2D eigenvalue weighted by Gasteiger charge is -2.05. The molecule has 2 aromatic rings. The van der Waals surface area contributed by atoms with E-state index in [0.29, 0.717) is 18.5 Å². The molecule has 0 atom stereocenters. The van der Waals surface area contributed by atoms with Crippen LogP contribution in [0.3, 0.4) is 0 Å². The van der Waals surface area contributed by atoms with Crippen molar-refractivity contribution in [3.05, 3.63) is 50.4 Å². The highest BCUT2D eigenvalue weighted by Crippen LogP contribution is 2.24. The summed E-state index contributed by atoms with van der Waals surface area (Å²) in [5.74, 6) is -0.137. The van der Waals surface area contributed by atoms with Crippen molar-refractivity contribution in [1.29, 1.82) is 0 Å². The van der Waals surface area contributed by atoms with Crippen LogP contribution in [0, 0.1) is 3.57 Å². The van der Waals surface area contributed by atoms with Gasteiger partial charge in [-0.1, -0.05) is 12.1 Å². The first kappa shape index (κ1) is 16.7. The van der Waals surface area contributed by atoms with E-state index in [1.54, 1.807) is 12.1 Å². The third-order valence-corrected chi connectivity index (χ3v) is 6.83. The molecule has 0 radical (unpaired) electrons. The fourth-order valence-corrected chi connectivity index (χ4v) is 4.42. The number of hydrogen-bond acceptors (Lipinski definition) is 4. The Morgan fingerprint density at radius 2 is 1.95 bits per heavy atom. The molecule has 0 aliphatic carbocycles. The smallest absolute Gasteiger partial charge is 0.270 e. The average Bonchev–Trinajstić information content (AvgIpc) is 2.88. The third-order valence-electron chi connectivity index (χ3n) is 2.65. The molecule has 1 N–H and O–H groups in total. The average molecular weight is 456 g/mol. The van der Waals surface area contributed by atoms with E-state index < -0.39 is 9.05 Å². The van der Waals surface area contributed by atoms with Crippen molar-refractivity contribution in [2.45, 2.75) is 10.6 Å². The lowest BCUT2D eigenvalue weighted by molar-refractivity contribution is 0.0953. The first-order valence-corrected chi connectivity index (χ1v) is 10.1. The molecule has 1 heterocycles. The van der Waals surface area contributed by atoms with Crippen LogP contribution in [0.15, 0.2) is 40.6 Å². The zero-order valence-corrected chi connectivity index (χ0v) is 15.2. The van der Waals surface area contributed by atoms with Gasteiger partial charge in [0, 0.05) is 25.7 Å². The Hall–Kier alpha value is -0.640. The van der Waals surface area contributed by atoms with Crippen LogP contribution in [0.4, 0.5) is 0 Å². The van der Waals surface area contributed by atoms with Crippen LogP contribution in [0.2, 0.25) is 0 Å². The molecular formula is C13H11ClINO3S2. The summed E-state index contributed by atoms with van der Waals surface area (Å²) in [5, 5.41) is 2.82. The molecule has 0 fully saturated rings. The topological polar surface area (TPSA) is 63.2 Å². The Kier molecular flexibility index (Phi) is 5.64. The summed E-state index contributed by atoms with van der Waals surface area (Å²) in [4.78, 5) is 12.8. The van der Waals surface area contributed by atoms with Crippen molar-refractivity contribution in [3.8, 4) is 0 Å². The monoisotopic (exact) mass is 455 g/mol. The van der Waals surface area contributed by atoms with Gasteiger partial charge in [-0.3, -0.25) is 4.79 Å². The second kappa shape index (κ2) is 7.08. The van der Waals surface area contributed by atoms with E-state index >= 15 is 0 Å². The standard InChI is InChI=1S/C13H11ClINO3S2/c14-21(18,19)12-6-5-9(20-12)7-8-16-13(17)10-3-1-2-4-11(10)15/h1-6H,7-8H2,(H,16,17). The highest BCUT2D eigenvalue weighted by molar-refractivity contribution is 14.1. The summed E-state index contributed by atoms with van der Waals surface area (Å²) in [6, 6.07) is 10.5. The number of carbonyl (C=O) groups excluding carboxylic acids is 1. The number of nitrogens with one attached hydrogen (secondary N) is 1. The lowest BCUT2D eigenvalue weighted by Crippen LogP contribution is -2.26. The number of benzene rings is 1. The normalized spacial score (nSPS) is 11.3. The molecule has 1 aromatic heterocycles. The molecule has 1 aromatic carbocycles. The van der Waals surface area contributed by atoms with Crippen LogP contribution in [-0.4, -0.2) is 20.9 Å². The number of rotatable bonds is 5. The van der Waals surface area contributed by atoms with E-state index in [1.807, 2.05) is 18.2 Å². The molecule has 0 spiro atoms. The summed E-state index contributed by atoms with van der Waals surface area (Å²) in [7, 11) is 1.60. The van der Waals surface area contributed by atoms with Crippen molar-refractivity contribution in [3.63, 3.8) is 0 Å². The highest BCUT2D eigenvalue weighted by Gasteiger charge is 2.13. The van der Waals surface area contributed by atoms with Crippen LogP contribution in [-0.2, 0) is 15.5 Å². The van der Waals surface area contributed by atoms with Gasteiger partial charge < -0.3 is 5.32 Å². The second-order valence-corrected chi connectivity index (χ2v) is 9.27. The quantitative estimate of drug-likeness (QED) is 0.556. The number of amides is 1. The molecule has 4 nitrogen and oxygen atoms in total. The molecule has 0 aliphatic heterocycles. The van der Waals surface area contributed by atoms with Crippen LogP contribution in [0.5, 0.6) is 0 Å². The number of hydrogen-bond donors (Lipinski definition) is 1. The maximum absolute atomic E-state index is 12.0. The third kappa shape index (κ3) is 4.67. The van der Waals surface area contributed by atoms with Crippen molar-refractivity contribution < 1.29 is 13.2 Å². The molecule has 0 aliphatic rings. The fraction of sp³-hybridized carbons (Fsp3) is 0.154. The summed E-state index contributed by atoms with van der Waals surface area (Å²) in [5.41, 5.74) is 0.633. The van der Waals surface area contributed by atoms with Crippen LogP contribution >= 0.6 is 44.6 Å². The Balaban J connectivity index is 1.92. The Bertz CT molecular complexity index is 758. The lowest BCUT2D eigenvalue weighted by atomic mass is 10.2. The molecule has 8 heteroatoms. The van der Waals surface area contributed by atoms with Crippen molar-refractivity contribution in [2.75, 3.05) is 6.54 Å². The van der Waals surface area contributed by atoms with Gasteiger partial charge in [0.2, 0.25) is 0 Å². The zero-order chi connectivity index (χ0) is 15.5. The van der Waals surface area contributed by atoms with Crippen LogP contribution < -0.4 is 5.32 Å². The highest BCUT2D eigenvalue weighted by atomic mass is 127. The van der Waals surface area contributed by atoms with Gasteiger partial charge in [-0.15, -0.1) is 11.3 Å². The van der Waals surface area contributed by atoms with E-state index in [-0.39, 0.29) is 10.1 Å². The minimum absolute atomic E-state index is 0.128. The van der Waals surface area contributed by atoms with Crippen molar-refractivity contribution in [2.24, 2.45) is 0 Å². The first-order chi connectivity index (χ1) is 9.88. The molecule has 0 unspecified atom stereocenters. The van der Waals surface area contributed by atoms with Gasteiger partial charge >= 0.3 is 0 Å². The van der Waals surface area contributed by atoms with E-state index in [2.05, 4.69) is 27.9 Å². The van der Waals surface area contributed by atoms with E-state index in [1.165, 1.54) is 6.07 Å². The molecule has 0 bridgehead atoms. The number of thiophene rings is 1. The maximum atomic E-state index is 12.0. The SMILES string of the molecule is O=C(NCCc1ccc(S(=O)(=O)Cl)s1)c1ccccc1I. The van der Waals surface area contributed by atoms with E-state index in [9.17, 15) is 13.2 Å². The van der Waals surface area contributed by atoms with Gasteiger partial charge in [-0.25, -0.2) is 8.42 Å². The van der Waals surface area contributed by atoms with Gasteiger partial charge in [-0.2, -0.15) is 0 Å². The number of halogens is 2. The summed E-state index contributed by atoms with van der Waals surface area (Å²) < 4.78 is 23.3. The molecular weight excluding hydrogens is 445 g/mol. The number of carbonyl (C=O) groups is 1. The van der Waals surface area contributed by atoms with E-state index in [4.69, 9.17) is 10.7 Å². The predicted molar refractivity (Wildman–Crippen MR) is 92.6 cm³/mol. The summed E-state index contributed by atoms with van der Waals surface area (Å²) in [6.07, 6.45) is 0.562. The Labute approximate surface area is 145 Å². The molecule has 1 amide bonds. The van der Waals surface area contributed by atoms with Gasteiger partial charge in [0.1, 0.15) is 4.21 Å². The van der Waals surface area contributed by atoms with E-state index in [0.717, 1.165) is 19.8 Å². The van der Waals surface area contributed by atoms with Gasteiger partial charge in [0.15, 0.2) is 0 Å². The van der Waals surface area contributed by atoms with Gasteiger partial charge in [0.25, 0.3) is 15.0 Å². The molecule has 0 saturated heterocycles. The van der Waals surface area contributed by atoms with Gasteiger partial charge in [-0.05, 0) is 53.3 Å². The molecule has 2 rings (SSSR count). The summed E-state index contributed by atoms with van der Waals surface area (Å²) in [6.45, 7) is 0.437. The Morgan fingerprint density at radius 1 is 1.24 bits per heavy atom. The molecule has 112 valence electrons. The molecule has 21 heavy (non-hydrogen) atoms. The van der Waals surface area contributed by atoms with Gasteiger partial charge in [0.05, 0.1) is 5.56 Å². The molecule has 0 saturated carbocycles. The fourth-order valence-electron chi connectivity index (χ4n) is 1.66. The summed E-state index contributed by atoms with van der Waals surface area (Å²) >= 11 is 3.23. The minimum Gasteiger partial charge on any atom is -0.352 e. The second-order valence-electron chi connectivity index (χ2n) is 4.14. The largest absolute Gasteiger partial charge is 0.352 e. The van der Waals surface area contributed by atoms with Crippen molar-refractivity contribution >= 4 is 59.6 Å². The zero-order valence-electron chi connectivity index (χ0n) is 10.7. The van der Waals surface area contributed by atoms with Crippen LogP contribution in [0.25, 0.3) is 0 Å². The first-order valence-electron chi connectivity index (χ1n) is 5.94.